The number of hydrogen-bond acceptors (Lipinski definition) is 3. The van der Waals surface area contributed by atoms with Gasteiger partial charge in [0, 0.05) is 6.54 Å². The number of halogens is 2. The molecular formula is C11H16F2N2S. The molecule has 1 rings (SSSR count). The van der Waals surface area contributed by atoms with E-state index in [1.807, 2.05) is 6.26 Å². The summed E-state index contributed by atoms with van der Waals surface area (Å²) in [5, 5.41) is 2.83. The summed E-state index contributed by atoms with van der Waals surface area (Å²) >= 11 is 1.77. The van der Waals surface area contributed by atoms with Crippen molar-refractivity contribution >= 4 is 23.1 Å². The third-order valence-electron chi connectivity index (χ3n) is 2.20. The van der Waals surface area contributed by atoms with Gasteiger partial charge < -0.3 is 11.1 Å². The van der Waals surface area contributed by atoms with Gasteiger partial charge in [-0.25, -0.2) is 8.78 Å². The van der Waals surface area contributed by atoms with Crippen LogP contribution in [-0.2, 0) is 0 Å². The maximum Gasteiger partial charge on any atom is 0.183 e. The molecule has 1 aromatic carbocycles. The number of thioether (sulfide) groups is 1. The van der Waals surface area contributed by atoms with Crippen LogP contribution < -0.4 is 11.1 Å². The largest absolute Gasteiger partial charge is 0.397 e. The van der Waals surface area contributed by atoms with E-state index in [4.69, 9.17) is 5.73 Å². The molecule has 0 heterocycles. The molecule has 0 bridgehead atoms. The first-order chi connectivity index (χ1) is 7.66. The number of nitrogen functional groups attached to an aromatic ring is 1. The molecule has 5 heteroatoms. The highest BCUT2D eigenvalue weighted by atomic mass is 32.2. The van der Waals surface area contributed by atoms with Crippen molar-refractivity contribution < 1.29 is 8.78 Å². The van der Waals surface area contributed by atoms with Crippen molar-refractivity contribution in [2.45, 2.75) is 12.8 Å². The van der Waals surface area contributed by atoms with Gasteiger partial charge in [-0.05, 0) is 37.0 Å². The predicted molar refractivity (Wildman–Crippen MR) is 66.9 cm³/mol. The molecule has 0 radical (unpaired) electrons. The maximum absolute atomic E-state index is 13.3. The van der Waals surface area contributed by atoms with Gasteiger partial charge in [0.25, 0.3) is 0 Å². The molecule has 0 amide bonds. The normalized spacial score (nSPS) is 10.4. The van der Waals surface area contributed by atoms with Gasteiger partial charge in [0.1, 0.15) is 0 Å². The second-order valence-corrected chi connectivity index (χ2v) is 4.44. The number of rotatable bonds is 6. The fourth-order valence-corrected chi connectivity index (χ4v) is 1.82. The van der Waals surface area contributed by atoms with Crippen molar-refractivity contribution in [2.75, 3.05) is 29.6 Å². The molecule has 0 aliphatic heterocycles. The van der Waals surface area contributed by atoms with E-state index >= 15 is 0 Å². The summed E-state index contributed by atoms with van der Waals surface area (Å²) in [6, 6.07) is 2.40. The van der Waals surface area contributed by atoms with E-state index in [-0.39, 0.29) is 11.4 Å². The molecule has 2 nitrogen and oxygen atoms in total. The molecule has 3 N–H and O–H groups in total. The Hall–Kier alpha value is -0.970. The summed E-state index contributed by atoms with van der Waals surface area (Å²) < 4.78 is 26.2. The zero-order chi connectivity index (χ0) is 12.0. The van der Waals surface area contributed by atoms with Crippen LogP contribution in [0.3, 0.4) is 0 Å². The highest BCUT2D eigenvalue weighted by Crippen LogP contribution is 2.24. The van der Waals surface area contributed by atoms with Crippen LogP contribution in [-0.4, -0.2) is 18.6 Å². The first kappa shape index (κ1) is 13.1. The molecule has 0 fully saturated rings. The van der Waals surface area contributed by atoms with E-state index in [1.54, 1.807) is 11.8 Å². The van der Waals surface area contributed by atoms with E-state index in [1.165, 1.54) is 6.07 Å². The average Bonchev–Trinajstić information content (AvgIpc) is 2.28. The Balaban J connectivity index is 2.50. The van der Waals surface area contributed by atoms with E-state index in [2.05, 4.69) is 5.32 Å². The zero-order valence-corrected chi connectivity index (χ0v) is 10.0. The van der Waals surface area contributed by atoms with E-state index in [0.29, 0.717) is 6.54 Å². The zero-order valence-electron chi connectivity index (χ0n) is 9.22. The van der Waals surface area contributed by atoms with Gasteiger partial charge in [0.2, 0.25) is 0 Å². The minimum atomic E-state index is -0.898. The Morgan fingerprint density at radius 2 is 2.06 bits per heavy atom. The van der Waals surface area contributed by atoms with Crippen LogP contribution >= 0.6 is 11.8 Å². The molecule has 0 aliphatic rings. The third kappa shape index (κ3) is 3.56. The Morgan fingerprint density at radius 1 is 1.31 bits per heavy atom. The molecule has 0 saturated heterocycles. The summed E-state index contributed by atoms with van der Waals surface area (Å²) in [5.41, 5.74) is 5.87. The second kappa shape index (κ2) is 6.58. The average molecular weight is 246 g/mol. The van der Waals surface area contributed by atoms with E-state index < -0.39 is 11.6 Å². The summed E-state index contributed by atoms with van der Waals surface area (Å²) in [7, 11) is 0. The van der Waals surface area contributed by atoms with Crippen LogP contribution in [0.2, 0.25) is 0 Å². The molecule has 90 valence electrons. The maximum atomic E-state index is 13.3. The first-order valence-electron chi connectivity index (χ1n) is 5.13. The molecule has 0 saturated carbocycles. The van der Waals surface area contributed by atoms with Gasteiger partial charge in [-0.15, -0.1) is 0 Å². The summed E-state index contributed by atoms with van der Waals surface area (Å²) in [4.78, 5) is 0. The van der Waals surface area contributed by atoms with Gasteiger partial charge >= 0.3 is 0 Å². The summed E-state index contributed by atoms with van der Waals surface area (Å²) in [6.45, 7) is 0.602. The minimum Gasteiger partial charge on any atom is -0.397 e. The number of nitrogens with two attached hydrogens (primary N) is 1. The molecule has 0 aliphatic carbocycles. The number of benzene rings is 1. The highest BCUT2D eigenvalue weighted by molar-refractivity contribution is 7.98. The fourth-order valence-electron chi connectivity index (χ4n) is 1.33. The standard InChI is InChI=1S/C11H16F2N2S/c1-16-7-3-2-6-15-11-9(14)5-4-8(12)10(11)13/h4-5,15H,2-3,6-7,14H2,1H3. The van der Waals surface area contributed by atoms with Crippen molar-refractivity contribution in [3.05, 3.63) is 23.8 Å². The Morgan fingerprint density at radius 3 is 2.75 bits per heavy atom. The second-order valence-electron chi connectivity index (χ2n) is 3.45. The minimum absolute atomic E-state index is 0.0733. The third-order valence-corrected chi connectivity index (χ3v) is 2.90. The van der Waals surface area contributed by atoms with Crippen LogP contribution in [0.15, 0.2) is 12.1 Å². The van der Waals surface area contributed by atoms with E-state index in [0.717, 1.165) is 24.7 Å². The van der Waals surface area contributed by atoms with Gasteiger partial charge in [-0.3, -0.25) is 0 Å². The molecule has 16 heavy (non-hydrogen) atoms. The number of hydrogen-bond donors (Lipinski definition) is 2. The Labute approximate surface area is 98.6 Å². The molecule has 0 spiro atoms. The monoisotopic (exact) mass is 246 g/mol. The fraction of sp³-hybridized carbons (Fsp3) is 0.455. The molecule has 0 atom stereocenters. The van der Waals surface area contributed by atoms with Crippen molar-refractivity contribution in [1.29, 1.82) is 0 Å². The van der Waals surface area contributed by atoms with Crippen LogP contribution in [0.4, 0.5) is 20.2 Å². The summed E-state index contributed by atoms with van der Waals surface area (Å²) in [6.07, 6.45) is 4.00. The highest BCUT2D eigenvalue weighted by Gasteiger charge is 2.10. The first-order valence-corrected chi connectivity index (χ1v) is 6.52. The van der Waals surface area contributed by atoms with Gasteiger partial charge in [-0.1, -0.05) is 0 Å². The molecule has 1 aromatic rings. The van der Waals surface area contributed by atoms with E-state index in [9.17, 15) is 8.78 Å². The Kier molecular flexibility index (Phi) is 5.38. The quantitative estimate of drug-likeness (QED) is 0.598. The van der Waals surface area contributed by atoms with Crippen LogP contribution in [0, 0.1) is 11.6 Å². The van der Waals surface area contributed by atoms with Crippen molar-refractivity contribution in [3.8, 4) is 0 Å². The van der Waals surface area contributed by atoms with Crippen LogP contribution in [0.1, 0.15) is 12.8 Å². The lowest BCUT2D eigenvalue weighted by atomic mass is 10.2. The van der Waals surface area contributed by atoms with Crippen molar-refractivity contribution in [3.63, 3.8) is 0 Å². The molecule has 0 unspecified atom stereocenters. The lowest BCUT2D eigenvalue weighted by Crippen LogP contribution is -2.07. The van der Waals surface area contributed by atoms with Crippen molar-refractivity contribution in [2.24, 2.45) is 0 Å². The number of anilines is 2. The SMILES string of the molecule is CSCCCCNc1c(N)ccc(F)c1F. The smallest absolute Gasteiger partial charge is 0.183 e. The van der Waals surface area contributed by atoms with Crippen LogP contribution in [0.5, 0.6) is 0 Å². The van der Waals surface area contributed by atoms with Crippen molar-refractivity contribution in [1.82, 2.24) is 0 Å². The predicted octanol–water partition coefficient (Wildman–Crippen LogP) is 3.10. The van der Waals surface area contributed by atoms with Crippen LogP contribution in [0.25, 0.3) is 0 Å². The molecular weight excluding hydrogens is 230 g/mol. The topological polar surface area (TPSA) is 38.0 Å². The number of unbranched alkanes of at least 4 members (excludes halogenated alkanes) is 1. The van der Waals surface area contributed by atoms with Gasteiger partial charge in [-0.2, -0.15) is 11.8 Å². The number of nitrogens with one attached hydrogen (secondary N) is 1. The lowest BCUT2D eigenvalue weighted by molar-refractivity contribution is 0.511. The Bertz CT molecular complexity index is 345. The summed E-state index contributed by atoms with van der Waals surface area (Å²) in [5.74, 6) is -0.700. The van der Waals surface area contributed by atoms with Gasteiger partial charge in [0.05, 0.1) is 11.4 Å². The van der Waals surface area contributed by atoms with Gasteiger partial charge in [0.15, 0.2) is 11.6 Å². The molecule has 0 aromatic heterocycles. The lowest BCUT2D eigenvalue weighted by Gasteiger charge is -2.10.